The highest BCUT2D eigenvalue weighted by Gasteiger charge is 2.22. The van der Waals surface area contributed by atoms with Crippen LogP contribution >= 0.6 is 0 Å². The second-order valence-corrected chi connectivity index (χ2v) is 13.2. The van der Waals surface area contributed by atoms with Crippen molar-refractivity contribution in [3.8, 4) is 11.1 Å². The number of benzene rings is 5. The first kappa shape index (κ1) is 27.5. The number of rotatable bonds is 2. The first-order chi connectivity index (χ1) is 19.9. The molecule has 0 aliphatic rings. The molecule has 4 heteroatoms. The maximum atomic E-state index is 12.4. The van der Waals surface area contributed by atoms with Gasteiger partial charge in [0, 0.05) is 22.4 Å². The van der Waals surface area contributed by atoms with Gasteiger partial charge in [-0.1, -0.05) is 139 Å². The number of H-pyrrole nitrogens is 1. The van der Waals surface area contributed by atoms with Crippen molar-refractivity contribution in [2.24, 2.45) is 0 Å². The SMILES string of the molecule is CC(C)(C)c1cc(-c2cccc3c2[nH]c2c([N+](=O)[O-])cccc2c2ccccc2c2ccccc32)cc(C(C)(C)C)c1. The van der Waals surface area contributed by atoms with Gasteiger partial charge >= 0.3 is 0 Å². The Hall–Kier alpha value is -4.70. The van der Waals surface area contributed by atoms with Crippen molar-refractivity contribution in [3.63, 3.8) is 0 Å². The Morgan fingerprint density at radius 3 is 1.45 bits per heavy atom. The summed E-state index contributed by atoms with van der Waals surface area (Å²) in [4.78, 5) is 15.8. The van der Waals surface area contributed by atoms with E-state index >= 15 is 0 Å². The number of nitrogens with one attached hydrogen (secondary N) is 1. The Balaban J connectivity index is 1.92. The normalized spacial score (nSPS) is 12.2. The Bertz CT molecular complexity index is 2060. The molecule has 4 nitrogen and oxygen atoms in total. The molecule has 0 saturated carbocycles. The fourth-order valence-electron chi connectivity index (χ4n) is 5.88. The Labute approximate surface area is 246 Å². The summed E-state index contributed by atoms with van der Waals surface area (Å²) in [6.45, 7) is 13.4. The summed E-state index contributed by atoms with van der Waals surface area (Å²) in [6, 6.07) is 35.1. The standard InChI is InChI=1S/C38H36N2O2/c1-37(2,3)25-21-24(22-26(23-25)38(4,5)6)27-17-11-18-32-30-15-9-7-13-28(30)29-14-8-10-16-31(29)33-19-12-20-34(40(41)42)36(33)39-35(27)32/h7-23,39H,1-6H3. The quantitative estimate of drug-likeness (QED) is 0.172. The molecule has 0 unspecified atom stereocenters. The summed E-state index contributed by atoms with van der Waals surface area (Å²) >= 11 is 0. The van der Waals surface area contributed by atoms with Gasteiger partial charge < -0.3 is 4.98 Å². The molecular formula is C38H36N2O2. The monoisotopic (exact) mass is 552 g/mol. The zero-order chi connectivity index (χ0) is 29.8. The molecule has 6 rings (SSSR count). The molecule has 0 saturated heterocycles. The van der Waals surface area contributed by atoms with Crippen molar-refractivity contribution in [2.45, 2.75) is 52.4 Å². The highest BCUT2D eigenvalue weighted by molar-refractivity contribution is 6.20. The minimum absolute atomic E-state index is 0.0489. The van der Waals surface area contributed by atoms with E-state index in [1.165, 1.54) is 11.1 Å². The van der Waals surface area contributed by atoms with Gasteiger partial charge in [-0.2, -0.15) is 0 Å². The Kier molecular flexibility index (Phi) is 6.53. The lowest BCUT2D eigenvalue weighted by atomic mass is 9.79. The van der Waals surface area contributed by atoms with Crippen LogP contribution in [0.25, 0.3) is 54.5 Å². The van der Waals surface area contributed by atoms with Crippen LogP contribution in [0.3, 0.4) is 0 Å². The summed E-state index contributed by atoms with van der Waals surface area (Å²) in [5.41, 5.74) is 5.91. The van der Waals surface area contributed by atoms with Gasteiger partial charge in [0.25, 0.3) is 5.69 Å². The van der Waals surface area contributed by atoms with Gasteiger partial charge in [-0.05, 0) is 49.1 Å². The first-order valence-corrected chi connectivity index (χ1v) is 14.5. The van der Waals surface area contributed by atoms with Crippen molar-refractivity contribution < 1.29 is 4.92 Å². The van der Waals surface area contributed by atoms with Crippen LogP contribution in [-0.4, -0.2) is 9.91 Å². The summed E-state index contributed by atoms with van der Waals surface area (Å²) in [6.07, 6.45) is 0. The molecule has 0 radical (unpaired) electrons. The van der Waals surface area contributed by atoms with Crippen LogP contribution in [0, 0.1) is 10.1 Å². The minimum Gasteiger partial charge on any atom is -0.348 e. The predicted octanol–water partition coefficient (Wildman–Crippen LogP) is 10.9. The molecule has 1 heterocycles. The zero-order valence-electron chi connectivity index (χ0n) is 25.1. The molecule has 6 aromatic rings. The van der Waals surface area contributed by atoms with Crippen LogP contribution in [0.2, 0.25) is 0 Å². The Morgan fingerprint density at radius 2 is 0.976 bits per heavy atom. The van der Waals surface area contributed by atoms with Crippen LogP contribution < -0.4 is 0 Å². The average molecular weight is 553 g/mol. The van der Waals surface area contributed by atoms with Crippen molar-refractivity contribution in [3.05, 3.63) is 124 Å². The molecular weight excluding hydrogens is 516 g/mol. The third kappa shape index (κ3) is 4.77. The maximum Gasteiger partial charge on any atom is 0.293 e. The Morgan fingerprint density at radius 1 is 0.548 bits per heavy atom. The van der Waals surface area contributed by atoms with E-state index in [0.29, 0.717) is 5.52 Å². The smallest absolute Gasteiger partial charge is 0.293 e. The van der Waals surface area contributed by atoms with E-state index in [1.807, 2.05) is 18.2 Å². The molecule has 0 atom stereocenters. The summed E-state index contributed by atoms with van der Waals surface area (Å²) < 4.78 is 0. The van der Waals surface area contributed by atoms with Gasteiger partial charge in [-0.25, -0.2) is 0 Å². The molecule has 0 bridgehead atoms. The van der Waals surface area contributed by atoms with E-state index in [2.05, 4.69) is 119 Å². The highest BCUT2D eigenvalue weighted by Crippen LogP contribution is 2.39. The van der Waals surface area contributed by atoms with E-state index < -0.39 is 0 Å². The van der Waals surface area contributed by atoms with E-state index in [-0.39, 0.29) is 21.4 Å². The molecule has 5 aromatic carbocycles. The summed E-state index contributed by atoms with van der Waals surface area (Å²) in [5, 5.41) is 18.4. The lowest BCUT2D eigenvalue weighted by Crippen LogP contribution is -2.16. The number of nitro benzene ring substituents is 1. The van der Waals surface area contributed by atoms with Gasteiger partial charge in [-0.15, -0.1) is 0 Å². The van der Waals surface area contributed by atoms with Crippen LogP contribution in [0.5, 0.6) is 0 Å². The summed E-state index contributed by atoms with van der Waals surface area (Å²) in [5.74, 6) is 0. The third-order valence-corrected chi connectivity index (χ3v) is 8.25. The van der Waals surface area contributed by atoms with Gasteiger partial charge in [0.05, 0.1) is 10.4 Å². The topological polar surface area (TPSA) is 58.9 Å². The number of nitrogens with zero attached hydrogens (tertiary/aromatic N) is 1. The number of fused-ring (bicyclic) bond motifs is 7. The van der Waals surface area contributed by atoms with Crippen molar-refractivity contribution in [2.75, 3.05) is 0 Å². The lowest BCUT2D eigenvalue weighted by molar-refractivity contribution is -0.383. The van der Waals surface area contributed by atoms with E-state index in [4.69, 9.17) is 0 Å². The van der Waals surface area contributed by atoms with Crippen molar-refractivity contribution >= 4 is 49.0 Å². The fraction of sp³-hybridized carbons (Fsp3) is 0.211. The molecule has 1 N–H and O–H groups in total. The van der Waals surface area contributed by atoms with Crippen molar-refractivity contribution in [1.82, 2.24) is 4.98 Å². The largest absolute Gasteiger partial charge is 0.348 e. The number of hydrogen-bond donors (Lipinski definition) is 1. The zero-order valence-corrected chi connectivity index (χ0v) is 25.1. The van der Waals surface area contributed by atoms with E-state index in [0.717, 1.165) is 49.0 Å². The first-order valence-electron chi connectivity index (χ1n) is 14.5. The molecule has 0 fully saturated rings. The molecule has 210 valence electrons. The average Bonchev–Trinajstić information content (AvgIpc) is 3.00. The molecule has 0 spiro atoms. The lowest BCUT2D eigenvalue weighted by Gasteiger charge is -2.26. The van der Waals surface area contributed by atoms with Crippen LogP contribution in [0.15, 0.2) is 103 Å². The van der Waals surface area contributed by atoms with Crippen LogP contribution in [0.4, 0.5) is 5.69 Å². The van der Waals surface area contributed by atoms with E-state index in [1.54, 1.807) is 12.1 Å². The third-order valence-electron chi connectivity index (χ3n) is 8.25. The highest BCUT2D eigenvalue weighted by atomic mass is 16.6. The van der Waals surface area contributed by atoms with Crippen LogP contribution in [-0.2, 0) is 10.8 Å². The molecule has 0 aliphatic heterocycles. The number of non-ortho nitro benzene ring substituents is 1. The summed E-state index contributed by atoms with van der Waals surface area (Å²) in [7, 11) is 0. The number of aromatic nitrogens is 1. The molecule has 0 aliphatic carbocycles. The van der Waals surface area contributed by atoms with Gasteiger partial charge in [0.15, 0.2) is 0 Å². The number of aromatic amines is 1. The van der Waals surface area contributed by atoms with Crippen LogP contribution in [0.1, 0.15) is 52.7 Å². The number of hydrogen-bond acceptors (Lipinski definition) is 2. The fourth-order valence-corrected chi connectivity index (χ4v) is 5.88. The second kappa shape index (κ2) is 9.99. The van der Waals surface area contributed by atoms with Crippen molar-refractivity contribution in [1.29, 1.82) is 0 Å². The number of para-hydroxylation sites is 2. The molecule has 0 amide bonds. The van der Waals surface area contributed by atoms with Gasteiger partial charge in [0.1, 0.15) is 5.52 Å². The van der Waals surface area contributed by atoms with E-state index in [9.17, 15) is 10.1 Å². The number of nitro groups is 1. The predicted molar refractivity (Wildman–Crippen MR) is 178 cm³/mol. The van der Waals surface area contributed by atoms with Gasteiger partial charge in [-0.3, -0.25) is 10.1 Å². The van der Waals surface area contributed by atoms with Gasteiger partial charge in [0.2, 0.25) is 0 Å². The molecule has 42 heavy (non-hydrogen) atoms. The molecule has 1 aromatic heterocycles. The minimum atomic E-state index is -0.292. The maximum absolute atomic E-state index is 12.4. The second-order valence-electron chi connectivity index (χ2n) is 13.2.